The second kappa shape index (κ2) is 7.96. The number of methoxy groups -OCH3 is 2. The summed E-state index contributed by atoms with van der Waals surface area (Å²) in [6, 6.07) is 12.7. The van der Waals surface area contributed by atoms with Crippen LogP contribution in [-0.4, -0.2) is 25.9 Å². The summed E-state index contributed by atoms with van der Waals surface area (Å²) in [6.07, 6.45) is 0. The van der Waals surface area contributed by atoms with Gasteiger partial charge in [-0.3, -0.25) is 4.79 Å². The Morgan fingerprint density at radius 2 is 1.86 bits per heavy atom. The van der Waals surface area contributed by atoms with E-state index in [1.165, 1.54) is 11.8 Å². The third kappa shape index (κ3) is 4.58. The molecule has 0 aliphatic rings. The maximum atomic E-state index is 11.9. The van der Waals surface area contributed by atoms with Gasteiger partial charge in [0.1, 0.15) is 11.5 Å². The highest BCUT2D eigenvalue weighted by Gasteiger charge is 2.06. The minimum absolute atomic E-state index is 0.0953. The Kier molecular flexibility index (Phi) is 5.98. The lowest BCUT2D eigenvalue weighted by Gasteiger charge is -2.08. The van der Waals surface area contributed by atoms with E-state index in [-0.39, 0.29) is 5.91 Å². The van der Waals surface area contributed by atoms with Crippen molar-refractivity contribution in [3.05, 3.63) is 47.5 Å². The Bertz CT molecular complexity index is 646. The maximum Gasteiger partial charge on any atom is 0.234 e. The third-order valence-electron chi connectivity index (χ3n) is 2.86. The zero-order chi connectivity index (χ0) is 15.9. The highest BCUT2D eigenvalue weighted by atomic mass is 35.5. The van der Waals surface area contributed by atoms with Crippen LogP contribution in [0, 0.1) is 0 Å². The Balaban J connectivity index is 1.88. The van der Waals surface area contributed by atoms with Gasteiger partial charge in [0.2, 0.25) is 5.91 Å². The molecule has 116 valence electrons. The number of carbonyl (C=O) groups excluding carboxylic acids is 1. The minimum atomic E-state index is -0.0953. The second-order valence-electron chi connectivity index (χ2n) is 4.36. The summed E-state index contributed by atoms with van der Waals surface area (Å²) in [5.41, 5.74) is 0.645. The van der Waals surface area contributed by atoms with Crippen molar-refractivity contribution in [2.24, 2.45) is 0 Å². The van der Waals surface area contributed by atoms with E-state index in [0.717, 1.165) is 10.6 Å². The molecule has 2 aromatic carbocycles. The van der Waals surface area contributed by atoms with Crippen LogP contribution in [0.25, 0.3) is 0 Å². The minimum Gasteiger partial charge on any atom is -0.497 e. The van der Waals surface area contributed by atoms with E-state index < -0.39 is 0 Å². The van der Waals surface area contributed by atoms with Crippen LogP contribution in [0.5, 0.6) is 11.5 Å². The molecule has 0 saturated carbocycles. The number of rotatable bonds is 6. The zero-order valence-electron chi connectivity index (χ0n) is 12.3. The smallest absolute Gasteiger partial charge is 0.234 e. The van der Waals surface area contributed by atoms with Crippen LogP contribution in [0.3, 0.4) is 0 Å². The average molecular weight is 338 g/mol. The monoisotopic (exact) mass is 337 g/mol. The first-order valence-corrected chi connectivity index (χ1v) is 7.89. The van der Waals surface area contributed by atoms with Crippen LogP contribution in [0.15, 0.2) is 47.4 Å². The van der Waals surface area contributed by atoms with Crippen molar-refractivity contribution in [2.75, 3.05) is 25.3 Å². The molecule has 0 heterocycles. The molecular formula is C16H16ClNO3S. The molecule has 2 rings (SSSR count). The molecule has 0 aliphatic carbocycles. The molecule has 0 spiro atoms. The van der Waals surface area contributed by atoms with Crippen LogP contribution in [0.1, 0.15) is 0 Å². The normalized spacial score (nSPS) is 10.1. The van der Waals surface area contributed by atoms with Gasteiger partial charge in [-0.05, 0) is 42.5 Å². The Morgan fingerprint density at radius 1 is 1.14 bits per heavy atom. The molecule has 0 fully saturated rings. The van der Waals surface area contributed by atoms with Gasteiger partial charge < -0.3 is 14.8 Å². The SMILES string of the molecule is COc1ccc(SCC(=O)Nc2ccc(OC)c(Cl)c2)cc1. The molecule has 0 radical (unpaired) electrons. The lowest BCUT2D eigenvalue weighted by molar-refractivity contribution is -0.113. The van der Waals surface area contributed by atoms with Crippen molar-refractivity contribution in [2.45, 2.75) is 4.90 Å². The average Bonchev–Trinajstić information content (AvgIpc) is 2.53. The van der Waals surface area contributed by atoms with Crippen LogP contribution in [0.4, 0.5) is 5.69 Å². The molecule has 0 aromatic heterocycles. The zero-order valence-corrected chi connectivity index (χ0v) is 13.8. The molecule has 4 nitrogen and oxygen atoms in total. The first kappa shape index (κ1) is 16.5. The van der Waals surface area contributed by atoms with Crippen molar-refractivity contribution in [3.63, 3.8) is 0 Å². The number of hydrogen-bond donors (Lipinski definition) is 1. The summed E-state index contributed by atoms with van der Waals surface area (Å²) in [5.74, 6) is 1.59. The number of halogens is 1. The van der Waals surface area contributed by atoms with Crippen LogP contribution < -0.4 is 14.8 Å². The first-order valence-electron chi connectivity index (χ1n) is 6.52. The first-order chi connectivity index (χ1) is 10.6. The van der Waals surface area contributed by atoms with Gasteiger partial charge in [0.05, 0.1) is 25.0 Å². The number of carbonyl (C=O) groups is 1. The second-order valence-corrected chi connectivity index (χ2v) is 5.82. The highest BCUT2D eigenvalue weighted by Crippen LogP contribution is 2.27. The van der Waals surface area contributed by atoms with Gasteiger partial charge in [-0.25, -0.2) is 0 Å². The third-order valence-corrected chi connectivity index (χ3v) is 4.17. The molecule has 22 heavy (non-hydrogen) atoms. The fourth-order valence-electron chi connectivity index (χ4n) is 1.76. The number of thioether (sulfide) groups is 1. The number of hydrogen-bond acceptors (Lipinski definition) is 4. The van der Waals surface area contributed by atoms with Crippen molar-refractivity contribution in [3.8, 4) is 11.5 Å². The van der Waals surface area contributed by atoms with E-state index in [4.69, 9.17) is 21.1 Å². The lowest BCUT2D eigenvalue weighted by atomic mass is 10.3. The van der Waals surface area contributed by atoms with E-state index in [0.29, 0.717) is 22.2 Å². The van der Waals surface area contributed by atoms with E-state index in [9.17, 15) is 4.79 Å². The van der Waals surface area contributed by atoms with Gasteiger partial charge in [0, 0.05) is 10.6 Å². The molecule has 1 N–H and O–H groups in total. The van der Waals surface area contributed by atoms with Gasteiger partial charge >= 0.3 is 0 Å². The molecule has 0 unspecified atom stereocenters. The van der Waals surface area contributed by atoms with E-state index in [2.05, 4.69) is 5.32 Å². The van der Waals surface area contributed by atoms with Crippen molar-refractivity contribution >= 4 is 35.0 Å². The summed E-state index contributed by atoms with van der Waals surface area (Å²) in [4.78, 5) is 12.9. The number of ether oxygens (including phenoxy) is 2. The standard InChI is InChI=1S/C16H16ClNO3S/c1-20-12-4-6-13(7-5-12)22-10-16(19)18-11-3-8-15(21-2)14(17)9-11/h3-9H,10H2,1-2H3,(H,18,19). The number of benzene rings is 2. The molecule has 0 atom stereocenters. The summed E-state index contributed by atoms with van der Waals surface area (Å²) in [5, 5.41) is 3.26. The van der Waals surface area contributed by atoms with Crippen LogP contribution in [0.2, 0.25) is 5.02 Å². The largest absolute Gasteiger partial charge is 0.497 e. The van der Waals surface area contributed by atoms with Gasteiger partial charge in [0.25, 0.3) is 0 Å². The Hall–Kier alpha value is -1.85. The number of amides is 1. The van der Waals surface area contributed by atoms with Gasteiger partial charge in [-0.15, -0.1) is 11.8 Å². The molecule has 0 aliphatic heterocycles. The summed E-state index contributed by atoms with van der Waals surface area (Å²) in [6.45, 7) is 0. The molecule has 0 saturated heterocycles. The summed E-state index contributed by atoms with van der Waals surface area (Å²) < 4.78 is 10.2. The van der Waals surface area contributed by atoms with Gasteiger partial charge in [-0.1, -0.05) is 11.6 Å². The predicted octanol–water partition coefficient (Wildman–Crippen LogP) is 4.09. The fraction of sp³-hybridized carbons (Fsp3) is 0.188. The topological polar surface area (TPSA) is 47.6 Å². The summed E-state index contributed by atoms with van der Waals surface area (Å²) >= 11 is 7.47. The molecule has 1 amide bonds. The predicted molar refractivity (Wildman–Crippen MR) is 90.4 cm³/mol. The van der Waals surface area contributed by atoms with Crippen molar-refractivity contribution < 1.29 is 14.3 Å². The molecule has 2 aromatic rings. The van der Waals surface area contributed by atoms with E-state index in [1.54, 1.807) is 32.4 Å². The maximum absolute atomic E-state index is 11.9. The fourth-order valence-corrected chi connectivity index (χ4v) is 2.72. The number of nitrogens with one attached hydrogen (secondary N) is 1. The van der Waals surface area contributed by atoms with Crippen LogP contribution >= 0.6 is 23.4 Å². The molecular weight excluding hydrogens is 322 g/mol. The number of anilines is 1. The Labute approximate surface area is 138 Å². The molecule has 0 bridgehead atoms. The quantitative estimate of drug-likeness (QED) is 0.806. The lowest BCUT2D eigenvalue weighted by Crippen LogP contribution is -2.13. The Morgan fingerprint density at radius 3 is 2.45 bits per heavy atom. The highest BCUT2D eigenvalue weighted by molar-refractivity contribution is 8.00. The van der Waals surface area contributed by atoms with Crippen LogP contribution in [-0.2, 0) is 4.79 Å². The van der Waals surface area contributed by atoms with Gasteiger partial charge in [0.15, 0.2) is 0 Å². The van der Waals surface area contributed by atoms with E-state index >= 15 is 0 Å². The van der Waals surface area contributed by atoms with Crippen molar-refractivity contribution in [1.29, 1.82) is 0 Å². The van der Waals surface area contributed by atoms with E-state index in [1.807, 2.05) is 24.3 Å². The molecule has 6 heteroatoms. The van der Waals surface area contributed by atoms with Gasteiger partial charge in [-0.2, -0.15) is 0 Å². The van der Waals surface area contributed by atoms with Crippen molar-refractivity contribution in [1.82, 2.24) is 0 Å². The summed E-state index contributed by atoms with van der Waals surface area (Å²) in [7, 11) is 3.17.